The second-order valence-electron chi connectivity index (χ2n) is 6.87. The van der Waals surface area contributed by atoms with Crippen LogP contribution in [0.2, 0.25) is 0 Å². The number of piperazine rings is 1. The molecule has 26 heavy (non-hydrogen) atoms. The maximum atomic E-state index is 12.7. The van der Waals surface area contributed by atoms with E-state index in [1.807, 2.05) is 62.4 Å². The number of amides is 2. The molecule has 1 saturated heterocycles. The fourth-order valence-corrected chi connectivity index (χ4v) is 3.12. The zero-order valence-electron chi connectivity index (χ0n) is 15.3. The first-order chi connectivity index (χ1) is 12.5. The van der Waals surface area contributed by atoms with Gasteiger partial charge in [0.1, 0.15) is 6.04 Å². The van der Waals surface area contributed by atoms with Crippen LogP contribution in [-0.4, -0.2) is 47.8 Å². The van der Waals surface area contributed by atoms with Crippen molar-refractivity contribution in [1.82, 2.24) is 9.80 Å². The zero-order chi connectivity index (χ0) is 18.7. The summed E-state index contributed by atoms with van der Waals surface area (Å²) in [5, 5.41) is 0. The van der Waals surface area contributed by atoms with Crippen LogP contribution >= 0.6 is 0 Å². The molecule has 1 atom stereocenters. The number of nitrogens with zero attached hydrogens (tertiary/aromatic N) is 2. The highest BCUT2D eigenvalue weighted by Gasteiger charge is 2.28. The van der Waals surface area contributed by atoms with Crippen LogP contribution in [0.5, 0.6) is 0 Å². The van der Waals surface area contributed by atoms with E-state index >= 15 is 0 Å². The molecule has 1 aliphatic heterocycles. The van der Waals surface area contributed by atoms with Crippen LogP contribution in [0.4, 0.5) is 0 Å². The highest BCUT2D eigenvalue weighted by atomic mass is 16.2. The zero-order valence-corrected chi connectivity index (χ0v) is 15.3. The summed E-state index contributed by atoms with van der Waals surface area (Å²) in [5.41, 5.74) is 9.92. The molecular weight excluding hydrogens is 326 g/mol. The minimum absolute atomic E-state index is 0.0138. The van der Waals surface area contributed by atoms with Gasteiger partial charge in [0.05, 0.1) is 0 Å². The summed E-state index contributed by atoms with van der Waals surface area (Å²) in [6, 6.07) is 14.6. The first-order valence-electron chi connectivity index (χ1n) is 8.92. The average molecular weight is 351 g/mol. The number of hydrogen-bond acceptors (Lipinski definition) is 3. The number of carbonyl (C=O) groups excluding carboxylic acids is 2. The van der Waals surface area contributed by atoms with Crippen molar-refractivity contribution >= 4 is 11.8 Å². The summed E-state index contributed by atoms with van der Waals surface area (Å²) in [4.78, 5) is 28.8. The first kappa shape index (κ1) is 18.1. The molecule has 1 heterocycles. The number of carbonyl (C=O) groups is 2. The molecule has 5 nitrogen and oxygen atoms in total. The van der Waals surface area contributed by atoms with Gasteiger partial charge in [-0.25, -0.2) is 0 Å². The molecule has 0 aliphatic carbocycles. The Morgan fingerprint density at radius 2 is 1.27 bits per heavy atom. The van der Waals surface area contributed by atoms with Crippen molar-refractivity contribution in [2.24, 2.45) is 5.73 Å². The van der Waals surface area contributed by atoms with Crippen molar-refractivity contribution in [3.8, 4) is 0 Å². The largest absolute Gasteiger partial charge is 0.337 e. The van der Waals surface area contributed by atoms with E-state index in [0.717, 1.165) is 16.7 Å². The van der Waals surface area contributed by atoms with Crippen LogP contribution in [0.25, 0.3) is 0 Å². The minimum Gasteiger partial charge on any atom is -0.337 e. The predicted octanol–water partition coefficient (Wildman–Crippen LogP) is 2.29. The predicted molar refractivity (Wildman–Crippen MR) is 102 cm³/mol. The number of nitrogens with two attached hydrogens (primary N) is 1. The van der Waals surface area contributed by atoms with E-state index in [1.165, 1.54) is 0 Å². The van der Waals surface area contributed by atoms with Gasteiger partial charge in [0.25, 0.3) is 5.91 Å². The van der Waals surface area contributed by atoms with E-state index in [2.05, 4.69) is 0 Å². The van der Waals surface area contributed by atoms with Gasteiger partial charge in [-0.15, -0.1) is 0 Å². The second kappa shape index (κ2) is 7.70. The Morgan fingerprint density at radius 3 is 1.81 bits per heavy atom. The van der Waals surface area contributed by atoms with Crippen molar-refractivity contribution in [2.45, 2.75) is 19.9 Å². The summed E-state index contributed by atoms with van der Waals surface area (Å²) >= 11 is 0. The molecule has 3 rings (SSSR count). The van der Waals surface area contributed by atoms with Gasteiger partial charge in [0.2, 0.25) is 5.91 Å². The van der Waals surface area contributed by atoms with Crippen molar-refractivity contribution < 1.29 is 9.59 Å². The smallest absolute Gasteiger partial charge is 0.253 e. The van der Waals surface area contributed by atoms with E-state index in [1.54, 1.807) is 9.80 Å². The van der Waals surface area contributed by atoms with E-state index < -0.39 is 6.04 Å². The third kappa shape index (κ3) is 3.94. The quantitative estimate of drug-likeness (QED) is 0.923. The van der Waals surface area contributed by atoms with Crippen LogP contribution in [0.15, 0.2) is 48.5 Å². The third-order valence-corrected chi connectivity index (χ3v) is 4.88. The Bertz CT molecular complexity index is 776. The molecule has 1 unspecified atom stereocenters. The molecular formula is C21H25N3O2. The van der Waals surface area contributed by atoms with Gasteiger partial charge in [-0.1, -0.05) is 47.5 Å². The lowest BCUT2D eigenvalue weighted by molar-refractivity contribution is -0.134. The topological polar surface area (TPSA) is 66.6 Å². The van der Waals surface area contributed by atoms with E-state index in [4.69, 9.17) is 5.73 Å². The maximum absolute atomic E-state index is 12.7. The van der Waals surface area contributed by atoms with Gasteiger partial charge in [-0.2, -0.15) is 0 Å². The van der Waals surface area contributed by atoms with Gasteiger partial charge in [0.15, 0.2) is 0 Å². The van der Waals surface area contributed by atoms with Gasteiger partial charge in [-0.05, 0) is 31.5 Å². The number of hydrogen-bond donors (Lipinski definition) is 1. The normalized spacial score (nSPS) is 15.7. The van der Waals surface area contributed by atoms with Crippen LogP contribution < -0.4 is 5.73 Å². The molecule has 2 N–H and O–H groups in total. The van der Waals surface area contributed by atoms with Crippen molar-refractivity contribution in [3.05, 3.63) is 70.8 Å². The Balaban J connectivity index is 1.59. The standard InChI is InChI=1S/C21H25N3O2/c1-15-3-7-17(8-4-15)19(22)21(26)24-13-11-23(12-14-24)20(25)18-9-5-16(2)6-10-18/h3-10,19H,11-14,22H2,1-2H3. The monoisotopic (exact) mass is 351 g/mol. The molecule has 0 bridgehead atoms. The molecule has 0 radical (unpaired) electrons. The summed E-state index contributed by atoms with van der Waals surface area (Å²) in [6.07, 6.45) is 0. The number of rotatable bonds is 3. The fraction of sp³-hybridized carbons (Fsp3) is 0.333. The van der Waals surface area contributed by atoms with Crippen LogP contribution in [0, 0.1) is 13.8 Å². The lowest BCUT2D eigenvalue weighted by Crippen LogP contribution is -2.52. The summed E-state index contributed by atoms with van der Waals surface area (Å²) < 4.78 is 0. The Labute approximate surface area is 154 Å². The number of benzene rings is 2. The minimum atomic E-state index is -0.657. The van der Waals surface area contributed by atoms with Crippen molar-refractivity contribution in [1.29, 1.82) is 0 Å². The Morgan fingerprint density at radius 1 is 0.808 bits per heavy atom. The molecule has 5 heteroatoms. The highest BCUT2D eigenvalue weighted by molar-refractivity contribution is 5.94. The Hall–Kier alpha value is -2.66. The third-order valence-electron chi connectivity index (χ3n) is 4.88. The lowest BCUT2D eigenvalue weighted by atomic mass is 10.0. The van der Waals surface area contributed by atoms with Crippen LogP contribution in [-0.2, 0) is 4.79 Å². The molecule has 2 aromatic rings. The second-order valence-corrected chi connectivity index (χ2v) is 6.87. The van der Waals surface area contributed by atoms with Crippen molar-refractivity contribution in [2.75, 3.05) is 26.2 Å². The molecule has 0 aromatic heterocycles. The van der Waals surface area contributed by atoms with E-state index in [0.29, 0.717) is 31.7 Å². The Kier molecular flexibility index (Phi) is 5.38. The summed E-state index contributed by atoms with van der Waals surface area (Å²) in [7, 11) is 0. The van der Waals surface area contributed by atoms with Gasteiger partial charge in [-0.3, -0.25) is 9.59 Å². The molecule has 1 fully saturated rings. The van der Waals surface area contributed by atoms with Gasteiger partial charge in [0, 0.05) is 31.7 Å². The molecule has 0 saturated carbocycles. The summed E-state index contributed by atoms with van der Waals surface area (Å²) in [5.74, 6) is -0.0729. The first-order valence-corrected chi connectivity index (χ1v) is 8.92. The van der Waals surface area contributed by atoms with E-state index in [-0.39, 0.29) is 11.8 Å². The van der Waals surface area contributed by atoms with Gasteiger partial charge < -0.3 is 15.5 Å². The van der Waals surface area contributed by atoms with Crippen LogP contribution in [0.1, 0.15) is 33.1 Å². The lowest BCUT2D eigenvalue weighted by Gasteiger charge is -2.36. The van der Waals surface area contributed by atoms with Gasteiger partial charge >= 0.3 is 0 Å². The highest BCUT2D eigenvalue weighted by Crippen LogP contribution is 2.16. The molecule has 0 spiro atoms. The fourth-order valence-electron chi connectivity index (χ4n) is 3.12. The maximum Gasteiger partial charge on any atom is 0.253 e. The molecule has 2 aromatic carbocycles. The van der Waals surface area contributed by atoms with Crippen molar-refractivity contribution in [3.63, 3.8) is 0 Å². The molecule has 136 valence electrons. The molecule has 1 aliphatic rings. The number of aryl methyl sites for hydroxylation is 2. The SMILES string of the molecule is Cc1ccc(C(=O)N2CCN(C(=O)C(N)c3ccc(C)cc3)CC2)cc1. The van der Waals surface area contributed by atoms with E-state index in [9.17, 15) is 9.59 Å². The molecule has 2 amide bonds. The average Bonchev–Trinajstić information content (AvgIpc) is 2.67. The van der Waals surface area contributed by atoms with Crippen LogP contribution in [0.3, 0.4) is 0 Å². The summed E-state index contributed by atoms with van der Waals surface area (Å²) in [6.45, 7) is 6.07.